The molecule has 112 valence electrons. The standard InChI is InChI=1S/C15H18BrN3O2/c1-3-9-17-14(20)11(2)21-15-13(16)10-19(18-15)12-7-5-4-6-8-12/h4-8,10-11H,3,9H2,1-2H3,(H,17,20)/t11-/m1/s1. The Morgan fingerprint density at radius 3 is 2.81 bits per heavy atom. The number of halogens is 1. The predicted octanol–water partition coefficient (Wildman–Crippen LogP) is 2.93. The van der Waals surface area contributed by atoms with Gasteiger partial charge in [0.15, 0.2) is 6.10 Å². The topological polar surface area (TPSA) is 56.1 Å². The Bertz CT molecular complexity index is 598. The minimum absolute atomic E-state index is 0.141. The predicted molar refractivity (Wildman–Crippen MR) is 84.7 cm³/mol. The Morgan fingerprint density at radius 1 is 1.43 bits per heavy atom. The molecule has 0 radical (unpaired) electrons. The number of ether oxygens (including phenoxy) is 1. The third kappa shape index (κ3) is 4.07. The fourth-order valence-corrected chi connectivity index (χ4v) is 2.11. The van der Waals surface area contributed by atoms with Crippen molar-refractivity contribution in [1.82, 2.24) is 15.1 Å². The molecule has 6 heteroatoms. The van der Waals surface area contributed by atoms with Crippen molar-refractivity contribution in [3.63, 3.8) is 0 Å². The minimum Gasteiger partial charge on any atom is -0.463 e. The fourth-order valence-electron chi connectivity index (χ4n) is 1.74. The molecular weight excluding hydrogens is 334 g/mol. The molecule has 0 aliphatic rings. The summed E-state index contributed by atoms with van der Waals surface area (Å²) in [4.78, 5) is 11.8. The van der Waals surface area contributed by atoms with E-state index in [9.17, 15) is 4.79 Å². The average molecular weight is 352 g/mol. The number of carbonyl (C=O) groups is 1. The van der Waals surface area contributed by atoms with E-state index in [-0.39, 0.29) is 5.91 Å². The number of carbonyl (C=O) groups excluding carboxylic acids is 1. The first-order valence-electron chi connectivity index (χ1n) is 6.86. The Labute approximate surface area is 132 Å². The highest BCUT2D eigenvalue weighted by Crippen LogP contribution is 2.25. The number of amides is 1. The number of benzene rings is 1. The summed E-state index contributed by atoms with van der Waals surface area (Å²) in [6, 6.07) is 9.71. The van der Waals surface area contributed by atoms with Crippen molar-refractivity contribution in [2.45, 2.75) is 26.4 Å². The summed E-state index contributed by atoms with van der Waals surface area (Å²) in [5, 5.41) is 7.15. The third-order valence-corrected chi connectivity index (χ3v) is 3.41. The van der Waals surface area contributed by atoms with Gasteiger partial charge in [-0.1, -0.05) is 25.1 Å². The highest BCUT2D eigenvalue weighted by atomic mass is 79.9. The van der Waals surface area contributed by atoms with Gasteiger partial charge in [-0.15, -0.1) is 5.10 Å². The molecule has 0 spiro atoms. The van der Waals surface area contributed by atoms with Gasteiger partial charge in [-0.25, -0.2) is 4.68 Å². The number of hydrogen-bond acceptors (Lipinski definition) is 3. The molecule has 0 saturated carbocycles. The number of para-hydroxylation sites is 1. The lowest BCUT2D eigenvalue weighted by Crippen LogP contribution is -2.36. The van der Waals surface area contributed by atoms with Gasteiger partial charge in [0.25, 0.3) is 5.91 Å². The Hall–Kier alpha value is -1.82. The highest BCUT2D eigenvalue weighted by Gasteiger charge is 2.18. The maximum atomic E-state index is 11.8. The van der Waals surface area contributed by atoms with Gasteiger partial charge in [-0.3, -0.25) is 4.79 Å². The summed E-state index contributed by atoms with van der Waals surface area (Å²) in [5.41, 5.74) is 0.927. The summed E-state index contributed by atoms with van der Waals surface area (Å²) in [7, 11) is 0. The fraction of sp³-hybridized carbons (Fsp3) is 0.333. The molecule has 1 atom stereocenters. The summed E-state index contributed by atoms with van der Waals surface area (Å²) in [6.45, 7) is 4.36. The summed E-state index contributed by atoms with van der Waals surface area (Å²) < 4.78 is 8.03. The molecule has 0 aliphatic heterocycles. The van der Waals surface area contributed by atoms with Crippen LogP contribution in [0.25, 0.3) is 5.69 Å². The van der Waals surface area contributed by atoms with Crippen LogP contribution in [-0.2, 0) is 4.79 Å². The van der Waals surface area contributed by atoms with E-state index in [0.717, 1.165) is 12.1 Å². The number of aromatic nitrogens is 2. The van der Waals surface area contributed by atoms with E-state index in [2.05, 4.69) is 26.3 Å². The zero-order valence-corrected chi connectivity index (χ0v) is 13.6. The molecule has 1 aromatic heterocycles. The molecular formula is C15H18BrN3O2. The van der Waals surface area contributed by atoms with E-state index in [1.54, 1.807) is 17.8 Å². The lowest BCUT2D eigenvalue weighted by molar-refractivity contribution is -0.127. The molecule has 0 aliphatic carbocycles. The van der Waals surface area contributed by atoms with Crippen molar-refractivity contribution in [2.24, 2.45) is 0 Å². The van der Waals surface area contributed by atoms with Gasteiger partial charge in [-0.05, 0) is 41.4 Å². The van der Waals surface area contributed by atoms with Crippen LogP contribution in [0, 0.1) is 0 Å². The van der Waals surface area contributed by atoms with Crippen molar-refractivity contribution >= 4 is 21.8 Å². The molecule has 1 N–H and O–H groups in total. The summed E-state index contributed by atoms with van der Waals surface area (Å²) in [5.74, 6) is 0.260. The zero-order chi connectivity index (χ0) is 15.2. The van der Waals surface area contributed by atoms with Crippen LogP contribution in [0.15, 0.2) is 41.0 Å². The van der Waals surface area contributed by atoms with E-state index in [4.69, 9.17) is 4.74 Å². The summed E-state index contributed by atoms with van der Waals surface area (Å²) in [6.07, 6.45) is 2.11. The molecule has 0 saturated heterocycles. The first-order chi connectivity index (χ1) is 10.1. The van der Waals surface area contributed by atoms with Gasteiger partial charge in [-0.2, -0.15) is 0 Å². The van der Waals surface area contributed by atoms with E-state index in [0.29, 0.717) is 16.9 Å². The largest absolute Gasteiger partial charge is 0.463 e. The van der Waals surface area contributed by atoms with Crippen LogP contribution in [0.2, 0.25) is 0 Å². The second kappa shape index (κ2) is 7.26. The molecule has 1 amide bonds. The highest BCUT2D eigenvalue weighted by molar-refractivity contribution is 9.10. The van der Waals surface area contributed by atoms with E-state index < -0.39 is 6.10 Å². The van der Waals surface area contributed by atoms with Crippen LogP contribution in [0.1, 0.15) is 20.3 Å². The second-order valence-corrected chi connectivity index (χ2v) is 5.47. The van der Waals surface area contributed by atoms with Gasteiger partial charge in [0.2, 0.25) is 5.88 Å². The van der Waals surface area contributed by atoms with E-state index >= 15 is 0 Å². The smallest absolute Gasteiger partial charge is 0.260 e. The van der Waals surface area contributed by atoms with Crippen LogP contribution in [0.4, 0.5) is 0 Å². The Morgan fingerprint density at radius 2 is 2.14 bits per heavy atom. The quantitative estimate of drug-likeness (QED) is 0.870. The van der Waals surface area contributed by atoms with Crippen molar-refractivity contribution < 1.29 is 9.53 Å². The van der Waals surface area contributed by atoms with Crippen molar-refractivity contribution in [1.29, 1.82) is 0 Å². The second-order valence-electron chi connectivity index (χ2n) is 4.61. The number of rotatable bonds is 6. The minimum atomic E-state index is -0.591. The van der Waals surface area contributed by atoms with Gasteiger partial charge in [0, 0.05) is 12.7 Å². The van der Waals surface area contributed by atoms with Gasteiger partial charge < -0.3 is 10.1 Å². The molecule has 0 bridgehead atoms. The van der Waals surface area contributed by atoms with Gasteiger partial charge in [0.1, 0.15) is 0 Å². The Balaban J connectivity index is 2.08. The van der Waals surface area contributed by atoms with Crippen LogP contribution in [-0.4, -0.2) is 28.3 Å². The Kier molecular flexibility index (Phi) is 5.38. The molecule has 1 heterocycles. The monoisotopic (exact) mass is 351 g/mol. The van der Waals surface area contributed by atoms with Crippen molar-refractivity contribution in [3.8, 4) is 11.6 Å². The maximum Gasteiger partial charge on any atom is 0.260 e. The van der Waals surface area contributed by atoms with E-state index in [1.807, 2.05) is 37.3 Å². The van der Waals surface area contributed by atoms with Crippen LogP contribution in [0.5, 0.6) is 5.88 Å². The van der Waals surface area contributed by atoms with Gasteiger partial charge >= 0.3 is 0 Å². The van der Waals surface area contributed by atoms with Crippen LogP contribution < -0.4 is 10.1 Å². The lowest BCUT2D eigenvalue weighted by atomic mass is 10.3. The average Bonchev–Trinajstić information content (AvgIpc) is 2.86. The lowest BCUT2D eigenvalue weighted by Gasteiger charge is -2.12. The van der Waals surface area contributed by atoms with Crippen LogP contribution >= 0.6 is 15.9 Å². The van der Waals surface area contributed by atoms with Crippen molar-refractivity contribution in [2.75, 3.05) is 6.54 Å². The molecule has 1 aromatic carbocycles. The summed E-state index contributed by atoms with van der Waals surface area (Å²) >= 11 is 3.40. The number of nitrogens with one attached hydrogen (secondary N) is 1. The molecule has 2 aromatic rings. The van der Waals surface area contributed by atoms with Crippen molar-refractivity contribution in [3.05, 3.63) is 41.0 Å². The molecule has 2 rings (SSSR count). The van der Waals surface area contributed by atoms with E-state index in [1.165, 1.54) is 0 Å². The molecule has 5 nitrogen and oxygen atoms in total. The first kappa shape index (κ1) is 15.6. The van der Waals surface area contributed by atoms with Gasteiger partial charge in [0.05, 0.1) is 10.2 Å². The molecule has 0 fully saturated rings. The van der Waals surface area contributed by atoms with Crippen LogP contribution in [0.3, 0.4) is 0 Å². The maximum absolute atomic E-state index is 11.8. The zero-order valence-electron chi connectivity index (χ0n) is 12.0. The normalized spacial score (nSPS) is 12.0. The third-order valence-electron chi connectivity index (χ3n) is 2.87. The number of hydrogen-bond donors (Lipinski definition) is 1. The molecule has 0 unspecified atom stereocenters. The molecule has 21 heavy (non-hydrogen) atoms. The first-order valence-corrected chi connectivity index (χ1v) is 7.66. The SMILES string of the molecule is CCCNC(=O)[C@@H](C)Oc1nn(-c2ccccc2)cc1Br. The number of nitrogens with zero attached hydrogens (tertiary/aromatic N) is 2.